The summed E-state index contributed by atoms with van der Waals surface area (Å²) in [5.41, 5.74) is 2.22. The van der Waals surface area contributed by atoms with Gasteiger partial charge in [0.25, 0.3) is 11.8 Å². The molecule has 0 bridgehead atoms. The lowest BCUT2D eigenvalue weighted by Gasteiger charge is -2.49. The molecule has 4 heterocycles. The third-order valence-electron chi connectivity index (χ3n) is 10.2. The van der Waals surface area contributed by atoms with Gasteiger partial charge in [0.2, 0.25) is 12.5 Å². The van der Waals surface area contributed by atoms with Crippen LogP contribution in [0.1, 0.15) is 70.8 Å². The predicted octanol–water partition coefficient (Wildman–Crippen LogP) is 6.98. The normalized spacial score (nSPS) is 17.9. The maximum Gasteiger partial charge on any atom is 0.514 e. The van der Waals surface area contributed by atoms with E-state index in [-0.39, 0.29) is 42.1 Å². The molecule has 7 rings (SSSR count). The van der Waals surface area contributed by atoms with Gasteiger partial charge in [0.15, 0.2) is 18.5 Å². The first kappa shape index (κ1) is 46.1. The summed E-state index contributed by atoms with van der Waals surface area (Å²) in [4.78, 5) is 83.2. The van der Waals surface area contributed by atoms with Crippen molar-refractivity contribution in [1.82, 2.24) is 15.1 Å². The van der Waals surface area contributed by atoms with Gasteiger partial charge in [-0.2, -0.15) is 4.57 Å². The van der Waals surface area contributed by atoms with Crippen LogP contribution in [0.5, 0.6) is 5.75 Å². The number of β-lactam (4-membered cyclic amide) rings is 1. The van der Waals surface area contributed by atoms with E-state index in [1.807, 2.05) is 66.7 Å². The number of ether oxygens (including phenoxy) is 4. The zero-order chi connectivity index (χ0) is 46.5. The highest BCUT2D eigenvalue weighted by atomic mass is 32.2. The van der Waals surface area contributed by atoms with E-state index in [0.29, 0.717) is 29.8 Å². The van der Waals surface area contributed by atoms with E-state index in [1.165, 1.54) is 16.7 Å². The van der Waals surface area contributed by atoms with E-state index in [4.69, 9.17) is 18.9 Å². The summed E-state index contributed by atoms with van der Waals surface area (Å²) in [5, 5.41) is 4.89. The Morgan fingerprint density at radius 1 is 0.846 bits per heavy atom. The second kappa shape index (κ2) is 19.4. The molecule has 338 valence electrons. The van der Waals surface area contributed by atoms with Gasteiger partial charge in [-0.1, -0.05) is 60.7 Å². The largest absolute Gasteiger partial charge is 0.514 e. The fourth-order valence-corrected chi connectivity index (χ4v) is 8.72. The molecule has 0 aliphatic carbocycles. The smallest absolute Gasteiger partial charge is 0.448 e. The molecule has 2 unspecified atom stereocenters. The number of hydrogen-bond donors (Lipinski definition) is 2. The molecular weight excluding hydrogens is 851 g/mol. The molecule has 15 nitrogen and oxygen atoms in total. The Morgan fingerprint density at radius 2 is 1.49 bits per heavy atom. The third kappa shape index (κ3) is 11.8. The number of hydrogen-bond acceptors (Lipinski definition) is 11. The van der Waals surface area contributed by atoms with Crippen LogP contribution < -0.4 is 19.9 Å². The number of nitrogens with one attached hydrogen (secondary N) is 2. The molecule has 0 saturated carbocycles. The lowest BCUT2D eigenvalue weighted by molar-refractivity contribution is -0.684. The maximum atomic E-state index is 14.5. The molecule has 65 heavy (non-hydrogen) atoms. The van der Waals surface area contributed by atoms with Crippen molar-refractivity contribution in [3.63, 3.8) is 0 Å². The number of carbonyl (C=O) groups excluding carboxylic acids is 6. The Kier molecular flexibility index (Phi) is 13.8. The minimum absolute atomic E-state index is 0.00638. The van der Waals surface area contributed by atoms with Crippen LogP contribution in [0.3, 0.4) is 0 Å². The molecule has 3 aliphatic heterocycles. The number of thioether (sulfide) groups is 1. The van der Waals surface area contributed by atoms with Crippen molar-refractivity contribution in [1.29, 1.82) is 0 Å². The van der Waals surface area contributed by atoms with Crippen molar-refractivity contribution in [2.75, 3.05) is 17.6 Å². The molecule has 3 aliphatic rings. The summed E-state index contributed by atoms with van der Waals surface area (Å²) in [6.45, 7) is 11.1. The van der Waals surface area contributed by atoms with Gasteiger partial charge < -0.3 is 34.5 Å². The van der Waals surface area contributed by atoms with Crippen LogP contribution in [0.15, 0.2) is 132 Å². The van der Waals surface area contributed by atoms with Crippen LogP contribution >= 0.6 is 11.8 Å². The highest BCUT2D eigenvalue weighted by molar-refractivity contribution is 8.00. The van der Waals surface area contributed by atoms with Crippen LogP contribution in [0, 0.1) is 0 Å². The number of esters is 1. The third-order valence-corrected chi connectivity index (χ3v) is 11.5. The van der Waals surface area contributed by atoms with Crippen molar-refractivity contribution in [2.45, 2.75) is 89.8 Å². The zero-order valence-electron chi connectivity index (χ0n) is 37.1. The van der Waals surface area contributed by atoms with Gasteiger partial charge in [0.1, 0.15) is 34.1 Å². The molecule has 16 heteroatoms. The molecule has 4 amide bonds. The molecule has 2 saturated heterocycles. The second-order valence-corrected chi connectivity index (χ2v) is 18.8. The minimum Gasteiger partial charge on any atom is -0.448 e. The molecule has 2 N–H and O–H groups in total. The van der Waals surface area contributed by atoms with Crippen LogP contribution in [0.25, 0.3) is 0 Å². The SMILES string of the molecule is CC(C)(C)OC(=O)NC1C(=O)N2C(C(=O)OC(c3ccccc3)c3ccccc3)=C(C=C3CCN(Cc4ccc[n+](CC(=O)Nc5ccc(OC(=O)OC(C)(C)C)cc5)c4)C3=O)CSC12. The van der Waals surface area contributed by atoms with Crippen molar-refractivity contribution < 1.29 is 52.3 Å². The molecular formula is C49H52N5O10S+. The number of fused-ring (bicyclic) bond motifs is 1. The van der Waals surface area contributed by atoms with Gasteiger partial charge in [0, 0.05) is 35.2 Å². The first-order valence-electron chi connectivity index (χ1n) is 21.2. The van der Waals surface area contributed by atoms with E-state index in [9.17, 15) is 28.8 Å². The van der Waals surface area contributed by atoms with Crippen molar-refractivity contribution >= 4 is 53.4 Å². The van der Waals surface area contributed by atoms with Gasteiger partial charge in [-0.25, -0.2) is 14.4 Å². The number of anilines is 1. The summed E-state index contributed by atoms with van der Waals surface area (Å²) in [5.74, 6) is -1.24. The average Bonchev–Trinajstić information content (AvgIpc) is 3.58. The second-order valence-electron chi connectivity index (χ2n) is 17.7. The van der Waals surface area contributed by atoms with Crippen molar-refractivity contribution in [3.05, 3.63) is 149 Å². The topological polar surface area (TPSA) is 174 Å². The summed E-state index contributed by atoms with van der Waals surface area (Å²) in [6, 6.07) is 27.7. The zero-order valence-corrected chi connectivity index (χ0v) is 37.9. The summed E-state index contributed by atoms with van der Waals surface area (Å²) in [7, 11) is 0. The lowest BCUT2D eigenvalue weighted by atomic mass is 10.00. The van der Waals surface area contributed by atoms with Crippen LogP contribution in [-0.4, -0.2) is 80.7 Å². The fourth-order valence-electron chi connectivity index (χ4n) is 7.41. The highest BCUT2D eigenvalue weighted by Gasteiger charge is 2.55. The number of benzene rings is 3. The quantitative estimate of drug-likeness (QED) is 0.0375. The Balaban J connectivity index is 1.06. The lowest BCUT2D eigenvalue weighted by Crippen LogP contribution is -2.70. The fraction of sp³-hybridized carbons (Fsp3) is 0.327. The maximum absolute atomic E-state index is 14.5. The Hall–Kier alpha value is -6.94. The number of amides is 4. The monoisotopic (exact) mass is 902 g/mol. The van der Waals surface area contributed by atoms with Gasteiger partial charge in [-0.05, 0) is 101 Å². The van der Waals surface area contributed by atoms with E-state index < -0.39 is 52.8 Å². The summed E-state index contributed by atoms with van der Waals surface area (Å²) >= 11 is 1.37. The standard InChI is InChI=1S/C49H51N5O10S/c1-48(2,3)63-46(59)51-39-43(57)54-40(45(58)62-41(32-15-9-7-10-16-32)33-17-11-8-12-18-33)35(30-65-44(39)54)26-34-23-25-53(42(34)56)28-31-14-13-24-52(27-31)29-38(55)50-36-19-21-37(22-20-36)61-47(60)64-49(4,5)6/h7-22,24,26-27,39,41,44H,23,25,28-30H2,1-6H3,(H-,50,51,55,59)/p+1. The van der Waals surface area contributed by atoms with Crippen LogP contribution in [0.2, 0.25) is 0 Å². The number of nitrogens with zero attached hydrogens (tertiary/aromatic N) is 3. The predicted molar refractivity (Wildman–Crippen MR) is 241 cm³/mol. The molecule has 2 atom stereocenters. The van der Waals surface area contributed by atoms with Crippen molar-refractivity contribution in [3.8, 4) is 5.75 Å². The van der Waals surface area contributed by atoms with Gasteiger partial charge in [0.05, 0.1) is 6.54 Å². The van der Waals surface area contributed by atoms with E-state index >= 15 is 0 Å². The van der Waals surface area contributed by atoms with Gasteiger partial charge >= 0.3 is 18.2 Å². The molecule has 4 aromatic rings. The van der Waals surface area contributed by atoms with Gasteiger partial charge in [-0.15, -0.1) is 11.8 Å². The summed E-state index contributed by atoms with van der Waals surface area (Å²) in [6.07, 6.45) is 3.26. The average molecular weight is 903 g/mol. The number of alkyl carbamates (subject to hydrolysis) is 1. The number of pyridine rings is 1. The van der Waals surface area contributed by atoms with E-state index in [0.717, 1.165) is 16.7 Å². The number of likely N-dealkylation sites (tertiary alicyclic amines) is 1. The number of carbonyl (C=O) groups is 6. The summed E-state index contributed by atoms with van der Waals surface area (Å²) < 4.78 is 23.8. The Morgan fingerprint density at radius 3 is 2.12 bits per heavy atom. The number of allylic oxidation sites excluding steroid dienone is 1. The molecule has 1 aromatic heterocycles. The van der Waals surface area contributed by atoms with Crippen LogP contribution in [0.4, 0.5) is 15.3 Å². The van der Waals surface area contributed by atoms with E-state index in [1.54, 1.807) is 99.8 Å². The Bertz CT molecular complexity index is 2480. The minimum atomic E-state index is -0.937. The molecule has 2 fully saturated rings. The first-order valence-corrected chi connectivity index (χ1v) is 22.2. The first-order chi connectivity index (χ1) is 30.9. The number of rotatable bonds is 12. The highest BCUT2D eigenvalue weighted by Crippen LogP contribution is 2.43. The Labute approximate surface area is 381 Å². The van der Waals surface area contributed by atoms with Gasteiger partial charge in [-0.3, -0.25) is 19.3 Å². The van der Waals surface area contributed by atoms with Crippen LogP contribution in [-0.2, 0) is 46.5 Å². The number of aromatic nitrogens is 1. The van der Waals surface area contributed by atoms with E-state index in [2.05, 4.69) is 10.6 Å². The van der Waals surface area contributed by atoms with Crippen molar-refractivity contribution in [2.24, 2.45) is 0 Å². The molecule has 0 spiro atoms. The molecule has 3 aromatic carbocycles. The molecule has 0 radical (unpaired) electrons.